The van der Waals surface area contributed by atoms with Gasteiger partial charge < -0.3 is 9.64 Å². The first-order valence-corrected chi connectivity index (χ1v) is 11.3. The Labute approximate surface area is 175 Å². The summed E-state index contributed by atoms with van der Waals surface area (Å²) in [5.74, 6) is 0.411. The van der Waals surface area contributed by atoms with E-state index < -0.39 is 5.97 Å². The lowest BCUT2D eigenvalue weighted by Crippen LogP contribution is -2.40. The largest absolute Gasteiger partial charge is 0.457 e. The van der Waals surface area contributed by atoms with Gasteiger partial charge in [-0.1, -0.05) is 45.4 Å². The highest BCUT2D eigenvalue weighted by Crippen LogP contribution is 2.35. The first kappa shape index (κ1) is 23.0. The van der Waals surface area contributed by atoms with Crippen LogP contribution in [0.5, 0.6) is 0 Å². The SMILES string of the molecule is C=C(C(=O)O[C@H]1C[C@@H](C)CC[C@@H]1C(C)C)N(CCC1=CCCCC1)C(=O)CCl. The van der Waals surface area contributed by atoms with Gasteiger partial charge in [-0.3, -0.25) is 4.79 Å². The molecular formula is C23H36ClNO3. The number of ether oxygens (including phenoxy) is 1. The van der Waals surface area contributed by atoms with E-state index >= 15 is 0 Å². The highest BCUT2D eigenvalue weighted by Gasteiger charge is 2.34. The van der Waals surface area contributed by atoms with Crippen LogP contribution in [0.2, 0.25) is 0 Å². The van der Waals surface area contributed by atoms with Gasteiger partial charge in [0.05, 0.1) is 0 Å². The Hall–Kier alpha value is -1.29. The van der Waals surface area contributed by atoms with Crippen molar-refractivity contribution in [1.29, 1.82) is 0 Å². The summed E-state index contributed by atoms with van der Waals surface area (Å²) < 4.78 is 5.87. The summed E-state index contributed by atoms with van der Waals surface area (Å²) in [5.41, 5.74) is 1.46. The van der Waals surface area contributed by atoms with Crippen molar-refractivity contribution >= 4 is 23.5 Å². The zero-order chi connectivity index (χ0) is 20.7. The van der Waals surface area contributed by atoms with Crippen molar-refractivity contribution < 1.29 is 14.3 Å². The molecule has 5 heteroatoms. The molecule has 0 aliphatic heterocycles. The molecule has 4 nitrogen and oxygen atoms in total. The number of allylic oxidation sites excluding steroid dienone is 1. The third kappa shape index (κ3) is 6.37. The number of hydrogen-bond donors (Lipinski definition) is 0. The summed E-state index contributed by atoms with van der Waals surface area (Å²) in [5, 5.41) is 0. The Morgan fingerprint density at radius 3 is 2.68 bits per heavy atom. The van der Waals surface area contributed by atoms with Crippen LogP contribution >= 0.6 is 11.6 Å². The van der Waals surface area contributed by atoms with Gasteiger partial charge in [0.2, 0.25) is 5.91 Å². The van der Waals surface area contributed by atoms with E-state index in [-0.39, 0.29) is 23.6 Å². The van der Waals surface area contributed by atoms with E-state index in [2.05, 4.69) is 33.4 Å². The Morgan fingerprint density at radius 1 is 1.32 bits per heavy atom. The van der Waals surface area contributed by atoms with Gasteiger partial charge in [0, 0.05) is 6.54 Å². The Kier molecular flexibility index (Phi) is 9.07. The molecule has 0 unspecified atom stereocenters. The highest BCUT2D eigenvalue weighted by atomic mass is 35.5. The van der Waals surface area contributed by atoms with Gasteiger partial charge in [0.25, 0.3) is 0 Å². The van der Waals surface area contributed by atoms with Gasteiger partial charge >= 0.3 is 5.97 Å². The van der Waals surface area contributed by atoms with Gasteiger partial charge in [0.1, 0.15) is 17.7 Å². The monoisotopic (exact) mass is 409 g/mol. The fourth-order valence-electron chi connectivity index (χ4n) is 4.44. The van der Waals surface area contributed by atoms with Crippen LogP contribution in [0.15, 0.2) is 23.9 Å². The third-order valence-corrected chi connectivity index (χ3v) is 6.47. The number of amides is 1. The molecule has 0 aromatic rings. The molecule has 0 spiro atoms. The molecule has 1 saturated carbocycles. The quantitative estimate of drug-likeness (QED) is 0.231. The van der Waals surface area contributed by atoms with E-state index in [1.165, 1.54) is 29.7 Å². The lowest BCUT2D eigenvalue weighted by Gasteiger charge is -2.37. The summed E-state index contributed by atoms with van der Waals surface area (Å²) in [7, 11) is 0. The van der Waals surface area contributed by atoms with Crippen LogP contribution < -0.4 is 0 Å². The van der Waals surface area contributed by atoms with E-state index in [9.17, 15) is 9.59 Å². The minimum Gasteiger partial charge on any atom is -0.457 e. The molecule has 0 saturated heterocycles. The van der Waals surface area contributed by atoms with Gasteiger partial charge in [-0.15, -0.1) is 11.6 Å². The van der Waals surface area contributed by atoms with Gasteiger partial charge in [-0.05, 0) is 62.7 Å². The van der Waals surface area contributed by atoms with E-state index in [0.717, 1.165) is 32.1 Å². The summed E-state index contributed by atoms with van der Waals surface area (Å²) in [6, 6.07) is 0. The van der Waals surface area contributed by atoms with Crippen molar-refractivity contribution in [1.82, 2.24) is 4.90 Å². The first-order valence-electron chi connectivity index (χ1n) is 10.8. The molecule has 0 N–H and O–H groups in total. The van der Waals surface area contributed by atoms with Crippen molar-refractivity contribution in [3.8, 4) is 0 Å². The molecule has 0 radical (unpaired) electrons. The predicted molar refractivity (Wildman–Crippen MR) is 114 cm³/mol. The fraction of sp³-hybridized carbons (Fsp3) is 0.739. The molecule has 0 aromatic heterocycles. The number of alkyl halides is 1. The van der Waals surface area contributed by atoms with Crippen molar-refractivity contribution in [3.63, 3.8) is 0 Å². The molecule has 1 fully saturated rings. The van der Waals surface area contributed by atoms with Gasteiger partial charge in [-0.2, -0.15) is 0 Å². The Balaban J connectivity index is 2.02. The zero-order valence-corrected chi connectivity index (χ0v) is 18.5. The molecule has 158 valence electrons. The second-order valence-electron chi connectivity index (χ2n) is 8.75. The standard InChI is InChI=1S/C23H36ClNO3/c1-16(2)20-11-10-17(3)14-21(20)28-23(27)18(4)25(22(26)15-24)13-12-19-8-6-5-7-9-19/h8,16-17,20-21H,4-7,9-15H2,1-3H3/t17-,20+,21-/m0/s1. The number of halogens is 1. The molecule has 0 aromatic carbocycles. The average molecular weight is 410 g/mol. The number of esters is 1. The number of rotatable bonds is 8. The van der Waals surface area contributed by atoms with Crippen LogP contribution in [-0.4, -0.2) is 35.3 Å². The normalized spacial score (nSPS) is 25.2. The first-order chi connectivity index (χ1) is 13.3. The molecular weight excluding hydrogens is 374 g/mol. The molecule has 28 heavy (non-hydrogen) atoms. The number of carbonyl (C=O) groups excluding carboxylic acids is 2. The van der Waals surface area contributed by atoms with Crippen LogP contribution in [-0.2, 0) is 14.3 Å². The topological polar surface area (TPSA) is 46.6 Å². The summed E-state index contributed by atoms with van der Waals surface area (Å²) in [4.78, 5) is 26.6. The average Bonchev–Trinajstić information content (AvgIpc) is 2.68. The minimum atomic E-state index is -0.485. The molecule has 0 heterocycles. The smallest absolute Gasteiger partial charge is 0.354 e. The number of nitrogens with zero attached hydrogens (tertiary/aromatic N) is 1. The van der Waals surface area contributed by atoms with E-state index in [1.54, 1.807) is 0 Å². The maximum absolute atomic E-state index is 12.8. The second kappa shape index (κ2) is 11.0. The van der Waals surface area contributed by atoms with Crippen molar-refractivity contribution in [2.24, 2.45) is 17.8 Å². The molecule has 3 atom stereocenters. The van der Waals surface area contributed by atoms with Crippen molar-refractivity contribution in [2.45, 2.75) is 78.2 Å². The fourth-order valence-corrected chi connectivity index (χ4v) is 4.58. The number of carbonyl (C=O) groups is 2. The maximum atomic E-state index is 12.8. The van der Waals surface area contributed by atoms with Crippen LogP contribution in [0.3, 0.4) is 0 Å². The lowest BCUT2D eigenvalue weighted by atomic mass is 9.75. The summed E-state index contributed by atoms with van der Waals surface area (Å²) in [6.07, 6.45) is 10.6. The van der Waals surface area contributed by atoms with E-state index in [1.807, 2.05) is 0 Å². The molecule has 2 aliphatic carbocycles. The van der Waals surface area contributed by atoms with Crippen LogP contribution in [0, 0.1) is 17.8 Å². The molecule has 2 rings (SSSR count). The summed E-state index contributed by atoms with van der Waals surface area (Å²) >= 11 is 5.79. The van der Waals surface area contributed by atoms with Crippen molar-refractivity contribution in [2.75, 3.05) is 12.4 Å². The zero-order valence-electron chi connectivity index (χ0n) is 17.7. The maximum Gasteiger partial charge on any atom is 0.354 e. The van der Waals surface area contributed by atoms with E-state index in [4.69, 9.17) is 16.3 Å². The molecule has 1 amide bonds. The van der Waals surface area contributed by atoms with Gasteiger partial charge in [0.15, 0.2) is 0 Å². The summed E-state index contributed by atoms with van der Waals surface area (Å²) in [6.45, 7) is 10.9. The van der Waals surface area contributed by atoms with E-state index in [0.29, 0.717) is 24.3 Å². The lowest BCUT2D eigenvalue weighted by molar-refractivity contribution is -0.154. The minimum absolute atomic E-state index is 0.109. The second-order valence-corrected chi connectivity index (χ2v) is 9.02. The van der Waals surface area contributed by atoms with Crippen LogP contribution in [0.25, 0.3) is 0 Å². The molecule has 0 bridgehead atoms. The predicted octanol–water partition coefficient (Wildman–Crippen LogP) is 5.46. The van der Waals surface area contributed by atoms with Crippen molar-refractivity contribution in [3.05, 3.63) is 23.9 Å². The van der Waals surface area contributed by atoms with Gasteiger partial charge in [-0.25, -0.2) is 4.79 Å². The number of hydrogen-bond acceptors (Lipinski definition) is 3. The molecule has 2 aliphatic rings. The highest BCUT2D eigenvalue weighted by molar-refractivity contribution is 6.27. The third-order valence-electron chi connectivity index (χ3n) is 6.24. The van der Waals surface area contributed by atoms with Crippen LogP contribution in [0.1, 0.15) is 72.1 Å². The Bertz CT molecular complexity index is 599. The Morgan fingerprint density at radius 2 is 2.07 bits per heavy atom. The van der Waals surface area contributed by atoms with Crippen LogP contribution in [0.4, 0.5) is 0 Å².